The Labute approximate surface area is 137 Å². The van der Waals surface area contributed by atoms with E-state index in [1.807, 2.05) is 6.92 Å². The molecule has 2 heterocycles. The van der Waals surface area contributed by atoms with Crippen molar-refractivity contribution in [2.45, 2.75) is 20.0 Å². The summed E-state index contributed by atoms with van der Waals surface area (Å²) in [7, 11) is 0. The van der Waals surface area contributed by atoms with Crippen LogP contribution in [0.3, 0.4) is 0 Å². The number of phenols is 1. The van der Waals surface area contributed by atoms with Gasteiger partial charge in [0.2, 0.25) is 5.82 Å². The number of aryl methyl sites for hydroxylation is 1. The molecule has 0 saturated heterocycles. The number of hydrogen-bond donors (Lipinski definition) is 1. The van der Waals surface area contributed by atoms with E-state index in [2.05, 4.69) is 15.1 Å². The van der Waals surface area contributed by atoms with E-state index in [-0.39, 0.29) is 17.2 Å². The summed E-state index contributed by atoms with van der Waals surface area (Å²) in [6.07, 6.45) is 2.50. The molecule has 7 nitrogen and oxygen atoms in total. The largest absolute Gasteiger partial charge is 0.507 e. The third-order valence-corrected chi connectivity index (χ3v) is 3.37. The highest BCUT2D eigenvalue weighted by atomic mass is 16.6. The Kier molecular flexibility index (Phi) is 4.24. The highest BCUT2D eigenvalue weighted by molar-refractivity contribution is 5.92. The van der Waals surface area contributed by atoms with Crippen LogP contribution in [0.1, 0.15) is 34.8 Å². The number of ether oxygens (including phenoxy) is 1. The molecule has 1 N–H and O–H groups in total. The summed E-state index contributed by atoms with van der Waals surface area (Å²) < 4.78 is 10.4. The zero-order chi connectivity index (χ0) is 17.1. The fraction of sp³-hybridized carbons (Fsp3) is 0.176. The molecule has 0 bridgehead atoms. The lowest BCUT2D eigenvalue weighted by Crippen LogP contribution is -2.10. The second-order valence-corrected chi connectivity index (χ2v) is 5.27. The summed E-state index contributed by atoms with van der Waals surface area (Å²) in [5.41, 5.74) is 1.62. The minimum atomic E-state index is -0.754. The normalized spacial score (nSPS) is 11.9. The van der Waals surface area contributed by atoms with E-state index in [1.54, 1.807) is 37.5 Å². The van der Waals surface area contributed by atoms with Gasteiger partial charge in [0.15, 0.2) is 6.10 Å². The highest BCUT2D eigenvalue weighted by Crippen LogP contribution is 2.24. The number of aromatic nitrogens is 3. The van der Waals surface area contributed by atoms with Gasteiger partial charge in [-0.1, -0.05) is 11.2 Å². The number of carbonyl (C=O) groups excluding carboxylic acids is 1. The van der Waals surface area contributed by atoms with Crippen LogP contribution in [0.5, 0.6) is 5.75 Å². The number of aromatic hydroxyl groups is 1. The zero-order valence-corrected chi connectivity index (χ0v) is 13.1. The molecular formula is C17H15N3O4. The molecule has 0 saturated carbocycles. The topological polar surface area (TPSA) is 98.3 Å². The minimum absolute atomic E-state index is 0.0828. The van der Waals surface area contributed by atoms with Gasteiger partial charge in [-0.25, -0.2) is 4.79 Å². The molecule has 0 spiro atoms. The first-order valence-electron chi connectivity index (χ1n) is 7.29. The molecule has 1 unspecified atom stereocenters. The number of carbonyl (C=O) groups is 1. The van der Waals surface area contributed by atoms with Crippen molar-refractivity contribution < 1.29 is 19.2 Å². The summed E-state index contributed by atoms with van der Waals surface area (Å²) in [6.45, 7) is 3.43. The molecule has 1 aromatic carbocycles. The number of hydrogen-bond acceptors (Lipinski definition) is 7. The predicted octanol–water partition coefficient (Wildman–Crippen LogP) is 3.06. The third kappa shape index (κ3) is 3.24. The number of esters is 1. The molecule has 0 aliphatic heterocycles. The highest BCUT2D eigenvalue weighted by Gasteiger charge is 2.21. The Morgan fingerprint density at radius 2 is 2.17 bits per heavy atom. The maximum absolute atomic E-state index is 12.2. The molecule has 0 fully saturated rings. The van der Waals surface area contributed by atoms with Gasteiger partial charge in [0.25, 0.3) is 5.89 Å². The second kappa shape index (κ2) is 6.49. The van der Waals surface area contributed by atoms with Crippen LogP contribution < -0.4 is 0 Å². The molecule has 24 heavy (non-hydrogen) atoms. The van der Waals surface area contributed by atoms with Gasteiger partial charge in [0.1, 0.15) is 11.3 Å². The Balaban J connectivity index is 1.74. The first-order chi connectivity index (χ1) is 11.5. The number of rotatable bonds is 4. The van der Waals surface area contributed by atoms with Crippen molar-refractivity contribution in [1.82, 2.24) is 15.1 Å². The van der Waals surface area contributed by atoms with E-state index in [0.717, 1.165) is 5.56 Å². The van der Waals surface area contributed by atoms with Crippen LogP contribution in [0.15, 0.2) is 47.2 Å². The molecule has 3 rings (SSSR count). The Morgan fingerprint density at radius 3 is 2.88 bits per heavy atom. The van der Waals surface area contributed by atoms with E-state index in [4.69, 9.17) is 9.26 Å². The van der Waals surface area contributed by atoms with Gasteiger partial charge in [0, 0.05) is 18.0 Å². The van der Waals surface area contributed by atoms with Crippen LogP contribution in [0.2, 0.25) is 0 Å². The SMILES string of the molecule is Cc1ccc(C(=O)OC(C)c2nc(-c3cccnc3)no2)c(O)c1. The number of phenolic OH excluding ortho intramolecular Hbond substituents is 1. The zero-order valence-electron chi connectivity index (χ0n) is 13.1. The number of pyridine rings is 1. The smallest absolute Gasteiger partial charge is 0.342 e. The standard InChI is InChI=1S/C17H15N3O4/c1-10-5-6-13(14(21)8-10)17(22)23-11(2)16-19-15(20-24-16)12-4-3-7-18-9-12/h3-9,11,21H,1-2H3. The fourth-order valence-electron chi connectivity index (χ4n) is 2.10. The molecule has 0 aliphatic carbocycles. The maximum Gasteiger partial charge on any atom is 0.342 e. The van der Waals surface area contributed by atoms with Gasteiger partial charge in [-0.05, 0) is 43.7 Å². The summed E-state index contributed by atoms with van der Waals surface area (Å²) in [4.78, 5) is 20.3. The molecule has 3 aromatic rings. The van der Waals surface area contributed by atoms with Crippen LogP contribution in [-0.2, 0) is 4.74 Å². The van der Waals surface area contributed by atoms with E-state index in [9.17, 15) is 9.90 Å². The Morgan fingerprint density at radius 1 is 1.33 bits per heavy atom. The van der Waals surface area contributed by atoms with E-state index >= 15 is 0 Å². The van der Waals surface area contributed by atoms with E-state index in [1.165, 1.54) is 12.1 Å². The average Bonchev–Trinajstić information content (AvgIpc) is 3.05. The summed E-state index contributed by atoms with van der Waals surface area (Å²) >= 11 is 0. The predicted molar refractivity (Wildman–Crippen MR) is 84.2 cm³/mol. The van der Waals surface area contributed by atoms with Gasteiger partial charge < -0.3 is 14.4 Å². The van der Waals surface area contributed by atoms with Crippen LogP contribution in [0.4, 0.5) is 0 Å². The summed E-state index contributed by atoms with van der Waals surface area (Å²) in [5, 5.41) is 13.7. The average molecular weight is 325 g/mol. The quantitative estimate of drug-likeness (QED) is 0.736. The lowest BCUT2D eigenvalue weighted by molar-refractivity contribution is 0.0262. The van der Waals surface area contributed by atoms with Crippen LogP contribution in [-0.4, -0.2) is 26.2 Å². The Hall–Kier alpha value is -3.22. The van der Waals surface area contributed by atoms with Crippen molar-refractivity contribution in [1.29, 1.82) is 0 Å². The van der Waals surface area contributed by atoms with Gasteiger partial charge in [-0.3, -0.25) is 4.98 Å². The molecule has 0 amide bonds. The molecular weight excluding hydrogens is 310 g/mol. The van der Waals surface area contributed by atoms with E-state index in [0.29, 0.717) is 11.4 Å². The molecule has 0 radical (unpaired) electrons. The first-order valence-corrected chi connectivity index (χ1v) is 7.29. The van der Waals surface area contributed by atoms with Crippen molar-refractivity contribution >= 4 is 5.97 Å². The lowest BCUT2D eigenvalue weighted by Gasteiger charge is -2.10. The monoisotopic (exact) mass is 325 g/mol. The summed E-state index contributed by atoms with van der Waals surface area (Å²) in [6, 6.07) is 8.27. The Bertz CT molecular complexity index is 861. The molecule has 2 aromatic heterocycles. The molecule has 0 aliphatic rings. The molecule has 122 valence electrons. The van der Waals surface area contributed by atoms with E-state index < -0.39 is 12.1 Å². The van der Waals surface area contributed by atoms with Crippen molar-refractivity contribution in [2.75, 3.05) is 0 Å². The molecule has 7 heteroatoms. The minimum Gasteiger partial charge on any atom is -0.507 e. The van der Waals surface area contributed by atoms with Gasteiger partial charge in [-0.2, -0.15) is 4.98 Å². The second-order valence-electron chi connectivity index (χ2n) is 5.27. The summed E-state index contributed by atoms with van der Waals surface area (Å²) in [5.74, 6) is -0.275. The molecule has 1 atom stereocenters. The van der Waals surface area contributed by atoms with Gasteiger partial charge in [-0.15, -0.1) is 0 Å². The third-order valence-electron chi connectivity index (χ3n) is 3.37. The van der Waals surface area contributed by atoms with Crippen LogP contribution in [0.25, 0.3) is 11.4 Å². The van der Waals surface area contributed by atoms with Crippen molar-refractivity contribution in [3.63, 3.8) is 0 Å². The maximum atomic E-state index is 12.2. The van der Waals surface area contributed by atoms with Crippen molar-refractivity contribution in [3.05, 3.63) is 59.7 Å². The van der Waals surface area contributed by atoms with Crippen LogP contribution in [0, 0.1) is 6.92 Å². The number of nitrogens with zero attached hydrogens (tertiary/aromatic N) is 3. The fourth-order valence-corrected chi connectivity index (χ4v) is 2.10. The van der Waals surface area contributed by atoms with Crippen molar-refractivity contribution in [2.24, 2.45) is 0 Å². The van der Waals surface area contributed by atoms with Crippen molar-refractivity contribution in [3.8, 4) is 17.1 Å². The first kappa shape index (κ1) is 15.7. The van der Waals surface area contributed by atoms with Gasteiger partial charge in [0.05, 0.1) is 0 Å². The lowest BCUT2D eigenvalue weighted by atomic mass is 10.1. The number of benzene rings is 1. The van der Waals surface area contributed by atoms with Gasteiger partial charge >= 0.3 is 5.97 Å². The van der Waals surface area contributed by atoms with Crippen LogP contribution >= 0.6 is 0 Å².